The van der Waals surface area contributed by atoms with E-state index in [1.165, 1.54) is 0 Å². The zero-order valence-electron chi connectivity index (χ0n) is 11.0. The van der Waals surface area contributed by atoms with Gasteiger partial charge in [0.2, 0.25) is 0 Å². The molecule has 1 saturated heterocycles. The van der Waals surface area contributed by atoms with Gasteiger partial charge >= 0.3 is 6.09 Å². The van der Waals surface area contributed by atoms with E-state index in [1.54, 1.807) is 0 Å². The third kappa shape index (κ3) is 3.37. The summed E-state index contributed by atoms with van der Waals surface area (Å²) < 4.78 is 5.30. The van der Waals surface area contributed by atoms with Crippen LogP contribution in [0.1, 0.15) is 41.0 Å². The van der Waals surface area contributed by atoms with Gasteiger partial charge < -0.3 is 15.4 Å². The maximum Gasteiger partial charge on any atom is 0.408 e. The predicted molar refractivity (Wildman–Crippen MR) is 64.4 cm³/mol. The Morgan fingerprint density at radius 3 is 2.44 bits per heavy atom. The van der Waals surface area contributed by atoms with E-state index in [0.717, 1.165) is 19.5 Å². The van der Waals surface area contributed by atoms with Gasteiger partial charge in [-0.1, -0.05) is 13.8 Å². The molecule has 2 N–H and O–H groups in total. The van der Waals surface area contributed by atoms with Gasteiger partial charge in [-0.3, -0.25) is 0 Å². The number of rotatable bonds is 2. The van der Waals surface area contributed by atoms with E-state index < -0.39 is 5.60 Å². The van der Waals surface area contributed by atoms with Crippen molar-refractivity contribution in [3.63, 3.8) is 0 Å². The van der Waals surface area contributed by atoms with Gasteiger partial charge in [-0.25, -0.2) is 4.79 Å². The summed E-state index contributed by atoms with van der Waals surface area (Å²) in [6.07, 6.45) is 0.647. The second-order valence-electron chi connectivity index (χ2n) is 5.86. The molecule has 4 heteroatoms. The highest BCUT2D eigenvalue weighted by molar-refractivity contribution is 5.69. The van der Waals surface area contributed by atoms with Gasteiger partial charge in [-0.2, -0.15) is 0 Å². The van der Waals surface area contributed by atoms with Crippen molar-refractivity contribution in [3.8, 4) is 0 Å². The molecule has 0 aromatic rings. The van der Waals surface area contributed by atoms with Crippen LogP contribution in [-0.2, 0) is 4.74 Å². The molecule has 0 aromatic heterocycles. The van der Waals surface area contributed by atoms with Crippen molar-refractivity contribution < 1.29 is 9.53 Å². The molecule has 0 bridgehead atoms. The summed E-state index contributed by atoms with van der Waals surface area (Å²) in [5.41, 5.74) is -0.587. The first-order valence-corrected chi connectivity index (χ1v) is 5.97. The molecule has 1 fully saturated rings. The largest absolute Gasteiger partial charge is 0.444 e. The Bertz CT molecular complexity index is 250. The molecule has 94 valence electrons. The topological polar surface area (TPSA) is 50.4 Å². The SMILES string of the molecule is CC(C)C1(NC(=O)OC(C)(C)C)CCNC1. The predicted octanol–water partition coefficient (Wildman–Crippen LogP) is 1.90. The van der Waals surface area contributed by atoms with Gasteiger partial charge in [-0.05, 0) is 39.7 Å². The molecule has 1 heterocycles. The normalized spacial score (nSPS) is 25.9. The average molecular weight is 228 g/mol. The smallest absolute Gasteiger partial charge is 0.408 e. The van der Waals surface area contributed by atoms with Crippen molar-refractivity contribution in [1.82, 2.24) is 10.6 Å². The standard InChI is InChI=1S/C12H24N2O2/c1-9(2)12(6-7-13-8-12)14-10(15)16-11(3,4)5/h9,13H,6-8H2,1-5H3,(H,14,15). The highest BCUT2D eigenvalue weighted by atomic mass is 16.6. The van der Waals surface area contributed by atoms with Gasteiger partial charge in [0.1, 0.15) is 5.60 Å². The molecule has 0 aliphatic carbocycles. The molecular weight excluding hydrogens is 204 g/mol. The minimum Gasteiger partial charge on any atom is -0.444 e. The number of hydrogen-bond acceptors (Lipinski definition) is 3. The van der Waals surface area contributed by atoms with Gasteiger partial charge in [0, 0.05) is 6.54 Å². The average Bonchev–Trinajstić information content (AvgIpc) is 2.49. The second kappa shape index (κ2) is 4.62. The van der Waals surface area contributed by atoms with E-state index in [1.807, 2.05) is 20.8 Å². The number of alkyl carbamates (subject to hydrolysis) is 1. The molecule has 0 radical (unpaired) electrons. The fraction of sp³-hybridized carbons (Fsp3) is 0.917. The molecule has 1 aliphatic rings. The van der Waals surface area contributed by atoms with Crippen LogP contribution in [0.15, 0.2) is 0 Å². The summed E-state index contributed by atoms with van der Waals surface area (Å²) >= 11 is 0. The van der Waals surface area contributed by atoms with Gasteiger partial charge in [-0.15, -0.1) is 0 Å². The summed E-state index contributed by atoms with van der Waals surface area (Å²) in [6.45, 7) is 11.7. The fourth-order valence-corrected chi connectivity index (χ4v) is 1.96. The third-order valence-corrected chi connectivity index (χ3v) is 3.04. The van der Waals surface area contributed by atoms with Crippen LogP contribution in [0.5, 0.6) is 0 Å². The molecule has 0 spiro atoms. The van der Waals surface area contributed by atoms with E-state index in [-0.39, 0.29) is 11.6 Å². The summed E-state index contributed by atoms with van der Waals surface area (Å²) in [4.78, 5) is 11.8. The summed E-state index contributed by atoms with van der Waals surface area (Å²) in [7, 11) is 0. The number of carbonyl (C=O) groups is 1. The van der Waals surface area contributed by atoms with Gasteiger partial charge in [0.25, 0.3) is 0 Å². The fourth-order valence-electron chi connectivity index (χ4n) is 1.96. The van der Waals surface area contributed by atoms with Crippen LogP contribution in [0.25, 0.3) is 0 Å². The summed E-state index contributed by atoms with van der Waals surface area (Å²) in [5, 5.41) is 6.32. The first kappa shape index (κ1) is 13.3. The summed E-state index contributed by atoms with van der Waals surface area (Å²) in [6, 6.07) is 0. The van der Waals surface area contributed by atoms with Crippen molar-refractivity contribution in [2.75, 3.05) is 13.1 Å². The molecule has 1 atom stereocenters. The number of nitrogens with one attached hydrogen (secondary N) is 2. The monoisotopic (exact) mass is 228 g/mol. The van der Waals surface area contributed by atoms with Crippen LogP contribution >= 0.6 is 0 Å². The quantitative estimate of drug-likeness (QED) is 0.759. The molecule has 1 rings (SSSR count). The van der Waals surface area contributed by atoms with Crippen LogP contribution in [0.2, 0.25) is 0 Å². The van der Waals surface area contributed by atoms with Crippen molar-refractivity contribution in [2.45, 2.75) is 52.2 Å². The molecule has 1 unspecified atom stereocenters. The van der Waals surface area contributed by atoms with Crippen molar-refractivity contribution in [1.29, 1.82) is 0 Å². The van der Waals surface area contributed by atoms with Crippen molar-refractivity contribution in [3.05, 3.63) is 0 Å². The number of ether oxygens (including phenoxy) is 1. The Labute approximate surface area is 98.1 Å². The maximum absolute atomic E-state index is 11.8. The molecule has 0 saturated carbocycles. The lowest BCUT2D eigenvalue weighted by atomic mass is 9.86. The lowest BCUT2D eigenvalue weighted by Gasteiger charge is -2.34. The Hall–Kier alpha value is -0.770. The summed E-state index contributed by atoms with van der Waals surface area (Å²) in [5.74, 6) is 0.398. The molecule has 16 heavy (non-hydrogen) atoms. The van der Waals surface area contributed by atoms with Crippen LogP contribution in [0, 0.1) is 5.92 Å². The molecular formula is C12H24N2O2. The lowest BCUT2D eigenvalue weighted by Crippen LogP contribution is -2.54. The number of amides is 1. The Morgan fingerprint density at radius 1 is 1.44 bits per heavy atom. The van der Waals surface area contributed by atoms with E-state index in [9.17, 15) is 4.79 Å². The highest BCUT2D eigenvalue weighted by Crippen LogP contribution is 2.24. The maximum atomic E-state index is 11.8. The second-order valence-corrected chi connectivity index (χ2v) is 5.86. The zero-order chi connectivity index (χ0) is 12.4. The third-order valence-electron chi connectivity index (χ3n) is 3.04. The molecule has 1 amide bonds. The number of hydrogen-bond donors (Lipinski definition) is 2. The number of carbonyl (C=O) groups excluding carboxylic acids is 1. The van der Waals surface area contributed by atoms with Gasteiger partial charge in [0.15, 0.2) is 0 Å². The Morgan fingerprint density at radius 2 is 2.06 bits per heavy atom. The molecule has 1 aliphatic heterocycles. The lowest BCUT2D eigenvalue weighted by molar-refractivity contribution is 0.0433. The Balaban J connectivity index is 2.60. The van der Waals surface area contributed by atoms with Crippen LogP contribution in [0.3, 0.4) is 0 Å². The van der Waals surface area contributed by atoms with E-state index in [0.29, 0.717) is 5.92 Å². The van der Waals surface area contributed by atoms with E-state index in [4.69, 9.17) is 4.74 Å². The molecule has 0 aromatic carbocycles. The first-order valence-electron chi connectivity index (χ1n) is 5.97. The Kier molecular flexibility index (Phi) is 3.84. The highest BCUT2D eigenvalue weighted by Gasteiger charge is 2.39. The zero-order valence-corrected chi connectivity index (χ0v) is 11.0. The van der Waals surface area contributed by atoms with E-state index in [2.05, 4.69) is 24.5 Å². The minimum absolute atomic E-state index is 0.150. The van der Waals surface area contributed by atoms with Crippen molar-refractivity contribution in [2.24, 2.45) is 5.92 Å². The van der Waals surface area contributed by atoms with Crippen LogP contribution in [0.4, 0.5) is 4.79 Å². The van der Waals surface area contributed by atoms with Crippen LogP contribution in [-0.4, -0.2) is 30.3 Å². The first-order chi connectivity index (χ1) is 7.25. The van der Waals surface area contributed by atoms with Crippen LogP contribution < -0.4 is 10.6 Å². The van der Waals surface area contributed by atoms with Gasteiger partial charge in [0.05, 0.1) is 5.54 Å². The van der Waals surface area contributed by atoms with Crippen molar-refractivity contribution >= 4 is 6.09 Å². The molecule has 4 nitrogen and oxygen atoms in total. The van der Waals surface area contributed by atoms with E-state index >= 15 is 0 Å². The minimum atomic E-state index is -0.436.